The van der Waals surface area contributed by atoms with Crippen LogP contribution in [0.3, 0.4) is 0 Å². The van der Waals surface area contributed by atoms with Crippen LogP contribution in [0.1, 0.15) is 16.5 Å². The molecule has 0 N–H and O–H groups in total. The molecule has 3 nitrogen and oxygen atoms in total. The number of aromatic nitrogens is 1. The van der Waals surface area contributed by atoms with Gasteiger partial charge in [0.05, 0.1) is 5.75 Å². The van der Waals surface area contributed by atoms with Gasteiger partial charge in [-0.25, -0.2) is 0 Å². The maximum Gasteiger partial charge on any atom is 0.234 e. The van der Waals surface area contributed by atoms with Crippen molar-refractivity contribution in [3.8, 4) is 5.69 Å². The molecular formula is C20H17ClN2OS. The van der Waals surface area contributed by atoms with E-state index in [-0.39, 0.29) is 11.3 Å². The van der Waals surface area contributed by atoms with Gasteiger partial charge in [0.15, 0.2) is 0 Å². The van der Waals surface area contributed by atoms with Gasteiger partial charge in [-0.15, -0.1) is 11.8 Å². The summed E-state index contributed by atoms with van der Waals surface area (Å²) in [7, 11) is 0. The van der Waals surface area contributed by atoms with Crippen LogP contribution >= 0.6 is 23.4 Å². The summed E-state index contributed by atoms with van der Waals surface area (Å²) in [5, 5.41) is 0.781. The third-order valence-corrected chi connectivity index (χ3v) is 5.80. The number of carbonyl (C=O) groups excluding carboxylic acids is 1. The smallest absolute Gasteiger partial charge is 0.234 e. The topological polar surface area (TPSA) is 25.2 Å². The molecule has 126 valence electrons. The van der Waals surface area contributed by atoms with Crippen LogP contribution in [0.5, 0.6) is 0 Å². The van der Waals surface area contributed by atoms with Gasteiger partial charge >= 0.3 is 0 Å². The summed E-state index contributed by atoms with van der Waals surface area (Å²) >= 11 is 7.65. The Hall–Kier alpha value is -2.17. The zero-order valence-corrected chi connectivity index (χ0v) is 15.1. The first-order valence-electron chi connectivity index (χ1n) is 8.09. The number of hydrogen-bond donors (Lipinski definition) is 0. The first kappa shape index (κ1) is 16.3. The normalized spacial score (nSPS) is 17.2. The molecule has 2 heterocycles. The second-order valence-electron chi connectivity index (χ2n) is 6.00. The van der Waals surface area contributed by atoms with Crippen molar-refractivity contribution in [1.29, 1.82) is 0 Å². The summed E-state index contributed by atoms with van der Waals surface area (Å²) in [4.78, 5) is 14.3. The van der Waals surface area contributed by atoms with Crippen molar-refractivity contribution >= 4 is 29.3 Å². The van der Waals surface area contributed by atoms with Crippen molar-refractivity contribution in [1.82, 2.24) is 9.47 Å². The number of rotatable bonds is 4. The maximum absolute atomic E-state index is 12.4. The summed E-state index contributed by atoms with van der Waals surface area (Å²) in [6.07, 6.45) is 4.13. The van der Waals surface area contributed by atoms with E-state index in [4.69, 9.17) is 11.6 Å². The Labute approximate surface area is 156 Å². The van der Waals surface area contributed by atoms with Gasteiger partial charge in [0.25, 0.3) is 0 Å². The minimum atomic E-state index is 0.0567. The minimum absolute atomic E-state index is 0.0567. The molecule has 0 saturated carbocycles. The van der Waals surface area contributed by atoms with Gasteiger partial charge in [-0.05, 0) is 35.9 Å². The SMILES string of the molecule is O=C1CS[C@H](c2ccn(-c3ccc(Cl)cc3)c2)N1Cc1ccccc1. The van der Waals surface area contributed by atoms with Crippen LogP contribution in [0.4, 0.5) is 0 Å². The lowest BCUT2D eigenvalue weighted by molar-refractivity contribution is -0.128. The molecule has 1 saturated heterocycles. The number of thioether (sulfide) groups is 1. The van der Waals surface area contributed by atoms with E-state index >= 15 is 0 Å². The molecule has 5 heteroatoms. The van der Waals surface area contributed by atoms with E-state index in [9.17, 15) is 4.79 Å². The highest BCUT2D eigenvalue weighted by atomic mass is 35.5. The van der Waals surface area contributed by atoms with E-state index in [0.717, 1.165) is 21.8 Å². The van der Waals surface area contributed by atoms with Gasteiger partial charge < -0.3 is 9.47 Å². The highest BCUT2D eigenvalue weighted by Crippen LogP contribution is 2.40. The van der Waals surface area contributed by atoms with Crippen molar-refractivity contribution in [3.05, 3.63) is 89.2 Å². The van der Waals surface area contributed by atoms with Crippen LogP contribution in [-0.4, -0.2) is 21.1 Å². The second-order valence-corrected chi connectivity index (χ2v) is 7.50. The molecule has 1 atom stereocenters. The van der Waals surface area contributed by atoms with E-state index < -0.39 is 0 Å². The molecule has 1 aromatic heterocycles. The van der Waals surface area contributed by atoms with Crippen molar-refractivity contribution in [3.63, 3.8) is 0 Å². The average Bonchev–Trinajstić information content (AvgIpc) is 3.24. The Morgan fingerprint density at radius 1 is 1.04 bits per heavy atom. The van der Waals surface area contributed by atoms with Crippen molar-refractivity contribution in [2.45, 2.75) is 11.9 Å². The quantitative estimate of drug-likeness (QED) is 0.654. The molecule has 1 aliphatic heterocycles. The van der Waals surface area contributed by atoms with Crippen molar-refractivity contribution < 1.29 is 4.79 Å². The molecular weight excluding hydrogens is 352 g/mol. The molecule has 1 fully saturated rings. The fourth-order valence-corrected chi connectivity index (χ4v) is 4.31. The summed E-state index contributed by atoms with van der Waals surface area (Å²) in [6.45, 7) is 0.642. The number of carbonyl (C=O) groups is 1. The van der Waals surface area contributed by atoms with E-state index in [1.807, 2.05) is 53.6 Å². The van der Waals surface area contributed by atoms with E-state index in [2.05, 4.69) is 29.0 Å². The molecule has 1 amide bonds. The molecule has 0 bridgehead atoms. The monoisotopic (exact) mass is 368 g/mol. The van der Waals surface area contributed by atoms with Crippen LogP contribution < -0.4 is 0 Å². The zero-order chi connectivity index (χ0) is 17.2. The minimum Gasteiger partial charge on any atom is -0.323 e. The Bertz CT molecular complexity index is 876. The first-order chi connectivity index (χ1) is 12.2. The zero-order valence-electron chi connectivity index (χ0n) is 13.5. The van der Waals surface area contributed by atoms with Crippen LogP contribution in [-0.2, 0) is 11.3 Å². The van der Waals surface area contributed by atoms with Crippen LogP contribution in [0.25, 0.3) is 5.69 Å². The third-order valence-electron chi connectivity index (χ3n) is 4.29. The lowest BCUT2D eigenvalue weighted by Crippen LogP contribution is -2.27. The number of amides is 1. The summed E-state index contributed by atoms with van der Waals surface area (Å²) < 4.78 is 2.07. The highest BCUT2D eigenvalue weighted by Gasteiger charge is 2.33. The number of benzene rings is 2. The van der Waals surface area contributed by atoms with Gasteiger partial charge in [-0.2, -0.15) is 0 Å². The standard InChI is InChI=1S/C20H17ClN2OS/c21-17-6-8-18(9-7-17)22-11-10-16(13-22)20-23(19(24)14-25-20)12-15-4-2-1-3-5-15/h1-11,13,20H,12,14H2/t20-/m1/s1. The highest BCUT2D eigenvalue weighted by molar-refractivity contribution is 8.00. The van der Waals surface area contributed by atoms with E-state index in [1.165, 1.54) is 0 Å². The molecule has 1 aliphatic rings. The number of hydrogen-bond acceptors (Lipinski definition) is 2. The van der Waals surface area contributed by atoms with E-state index in [1.54, 1.807) is 11.8 Å². The first-order valence-corrected chi connectivity index (χ1v) is 9.52. The molecule has 0 unspecified atom stereocenters. The van der Waals surface area contributed by atoms with Crippen LogP contribution in [0.2, 0.25) is 5.02 Å². The number of halogens is 1. The summed E-state index contributed by atoms with van der Waals surface area (Å²) in [5.41, 5.74) is 3.35. The van der Waals surface area contributed by atoms with E-state index in [0.29, 0.717) is 12.3 Å². The van der Waals surface area contributed by atoms with Gasteiger partial charge in [0.2, 0.25) is 5.91 Å². The predicted octanol–water partition coefficient (Wildman–Crippen LogP) is 4.90. The lowest BCUT2D eigenvalue weighted by Gasteiger charge is -2.23. The largest absolute Gasteiger partial charge is 0.323 e. The van der Waals surface area contributed by atoms with Crippen LogP contribution in [0.15, 0.2) is 73.1 Å². The molecule has 0 spiro atoms. The van der Waals surface area contributed by atoms with Crippen molar-refractivity contribution in [2.24, 2.45) is 0 Å². The fraction of sp³-hybridized carbons (Fsp3) is 0.150. The Kier molecular flexibility index (Phi) is 4.55. The second kappa shape index (κ2) is 6.98. The van der Waals surface area contributed by atoms with Crippen LogP contribution in [0, 0.1) is 0 Å². The Morgan fingerprint density at radius 3 is 2.56 bits per heavy atom. The summed E-state index contributed by atoms with van der Waals surface area (Å²) in [6, 6.07) is 20.0. The van der Waals surface area contributed by atoms with Gasteiger partial charge in [0.1, 0.15) is 5.37 Å². The molecule has 4 rings (SSSR count). The van der Waals surface area contributed by atoms with Gasteiger partial charge in [-0.1, -0.05) is 41.9 Å². The van der Waals surface area contributed by atoms with Crippen molar-refractivity contribution in [2.75, 3.05) is 5.75 Å². The van der Waals surface area contributed by atoms with Gasteiger partial charge in [0, 0.05) is 35.2 Å². The Morgan fingerprint density at radius 2 is 1.80 bits per heavy atom. The molecule has 2 aromatic carbocycles. The lowest BCUT2D eigenvalue weighted by atomic mass is 10.2. The Balaban J connectivity index is 1.58. The molecule has 0 radical (unpaired) electrons. The molecule has 3 aromatic rings. The number of nitrogens with zero attached hydrogens (tertiary/aromatic N) is 2. The van der Waals surface area contributed by atoms with Gasteiger partial charge in [-0.3, -0.25) is 4.79 Å². The summed E-state index contributed by atoms with van der Waals surface area (Å²) in [5.74, 6) is 0.724. The predicted molar refractivity (Wildman–Crippen MR) is 103 cm³/mol. The third kappa shape index (κ3) is 3.46. The fourth-order valence-electron chi connectivity index (χ4n) is 3.01. The molecule has 25 heavy (non-hydrogen) atoms. The maximum atomic E-state index is 12.4. The molecule has 0 aliphatic carbocycles. The average molecular weight is 369 g/mol.